The molecular formula is C9H14N2OS. The van der Waals surface area contributed by atoms with Gasteiger partial charge in [-0.05, 0) is 6.92 Å². The number of thioether (sulfide) groups is 1. The molecule has 0 bridgehead atoms. The van der Waals surface area contributed by atoms with E-state index < -0.39 is 0 Å². The van der Waals surface area contributed by atoms with Gasteiger partial charge in [-0.3, -0.25) is 4.79 Å². The second-order valence-electron chi connectivity index (χ2n) is 2.73. The Bertz CT molecular complexity index is 226. The molecule has 4 heteroatoms. The molecule has 1 amide bonds. The lowest BCUT2D eigenvalue weighted by molar-refractivity contribution is -0.122. The first-order chi connectivity index (χ1) is 6.34. The van der Waals surface area contributed by atoms with Gasteiger partial charge in [-0.15, -0.1) is 5.92 Å². The van der Waals surface area contributed by atoms with Gasteiger partial charge in [0.2, 0.25) is 5.91 Å². The highest BCUT2D eigenvalue weighted by Gasteiger charge is 2.19. The average molecular weight is 198 g/mol. The van der Waals surface area contributed by atoms with E-state index in [2.05, 4.69) is 22.5 Å². The lowest BCUT2D eigenvalue weighted by Crippen LogP contribution is -2.48. The van der Waals surface area contributed by atoms with Crippen molar-refractivity contribution in [2.75, 3.05) is 24.6 Å². The molecule has 1 saturated heterocycles. The number of amides is 1. The van der Waals surface area contributed by atoms with Crippen molar-refractivity contribution in [2.24, 2.45) is 0 Å². The molecule has 0 aromatic heterocycles. The fraction of sp³-hybridized carbons (Fsp3) is 0.667. The first-order valence-electron chi connectivity index (χ1n) is 4.33. The first-order valence-corrected chi connectivity index (χ1v) is 5.48. The molecule has 1 atom stereocenters. The molecule has 0 aromatic carbocycles. The van der Waals surface area contributed by atoms with E-state index >= 15 is 0 Å². The van der Waals surface area contributed by atoms with Gasteiger partial charge in [-0.2, -0.15) is 11.8 Å². The van der Waals surface area contributed by atoms with Crippen molar-refractivity contribution in [3.8, 4) is 11.8 Å². The van der Waals surface area contributed by atoms with Crippen LogP contribution in [0.1, 0.15) is 6.92 Å². The molecule has 0 spiro atoms. The summed E-state index contributed by atoms with van der Waals surface area (Å²) in [6.45, 7) is 3.14. The van der Waals surface area contributed by atoms with Crippen molar-refractivity contribution < 1.29 is 4.79 Å². The Morgan fingerprint density at radius 1 is 1.77 bits per heavy atom. The minimum Gasteiger partial charge on any atom is -0.344 e. The molecule has 13 heavy (non-hydrogen) atoms. The second-order valence-corrected chi connectivity index (χ2v) is 3.88. The van der Waals surface area contributed by atoms with E-state index in [0.29, 0.717) is 6.54 Å². The van der Waals surface area contributed by atoms with Crippen LogP contribution in [0, 0.1) is 11.8 Å². The molecule has 3 nitrogen and oxygen atoms in total. The minimum absolute atomic E-state index is 0.0302. The molecule has 1 aliphatic heterocycles. The molecule has 1 aliphatic rings. The van der Waals surface area contributed by atoms with Crippen LogP contribution in [-0.2, 0) is 4.79 Å². The molecule has 0 saturated carbocycles. The molecule has 1 rings (SSSR count). The van der Waals surface area contributed by atoms with E-state index in [9.17, 15) is 4.79 Å². The van der Waals surface area contributed by atoms with Gasteiger partial charge in [0.05, 0.1) is 12.6 Å². The quantitative estimate of drug-likeness (QED) is 0.605. The number of hydrogen-bond acceptors (Lipinski definition) is 3. The maximum Gasteiger partial charge on any atom is 0.238 e. The molecule has 0 aliphatic carbocycles. The number of nitrogens with one attached hydrogen (secondary N) is 2. The van der Waals surface area contributed by atoms with Gasteiger partial charge in [0.1, 0.15) is 0 Å². The Hall–Kier alpha value is -0.660. The summed E-state index contributed by atoms with van der Waals surface area (Å²) in [5.74, 6) is 7.56. The summed E-state index contributed by atoms with van der Waals surface area (Å²) >= 11 is 1.81. The Morgan fingerprint density at radius 2 is 2.62 bits per heavy atom. The lowest BCUT2D eigenvalue weighted by Gasteiger charge is -2.21. The monoisotopic (exact) mass is 198 g/mol. The fourth-order valence-corrected chi connectivity index (χ4v) is 2.01. The van der Waals surface area contributed by atoms with E-state index in [1.807, 2.05) is 11.8 Å². The molecule has 72 valence electrons. The summed E-state index contributed by atoms with van der Waals surface area (Å²) in [5, 5.41) is 5.93. The number of hydrogen-bond donors (Lipinski definition) is 2. The minimum atomic E-state index is -0.0302. The third-order valence-electron chi connectivity index (χ3n) is 1.77. The van der Waals surface area contributed by atoms with Crippen LogP contribution >= 0.6 is 11.8 Å². The maximum absolute atomic E-state index is 11.4. The van der Waals surface area contributed by atoms with Gasteiger partial charge >= 0.3 is 0 Å². The Morgan fingerprint density at radius 3 is 3.23 bits per heavy atom. The van der Waals surface area contributed by atoms with Crippen LogP contribution < -0.4 is 10.6 Å². The van der Waals surface area contributed by atoms with Gasteiger partial charge in [-0.1, -0.05) is 5.92 Å². The van der Waals surface area contributed by atoms with Gasteiger partial charge in [-0.25, -0.2) is 0 Å². The van der Waals surface area contributed by atoms with E-state index in [0.717, 1.165) is 18.1 Å². The van der Waals surface area contributed by atoms with E-state index in [4.69, 9.17) is 0 Å². The van der Waals surface area contributed by atoms with E-state index in [1.165, 1.54) is 0 Å². The van der Waals surface area contributed by atoms with Gasteiger partial charge in [0.15, 0.2) is 0 Å². The molecule has 1 heterocycles. The zero-order valence-corrected chi connectivity index (χ0v) is 8.54. The Labute approximate surface area is 83.0 Å². The van der Waals surface area contributed by atoms with E-state index in [1.54, 1.807) is 6.92 Å². The third-order valence-corrected chi connectivity index (χ3v) is 2.83. The zero-order valence-electron chi connectivity index (χ0n) is 7.72. The number of carbonyl (C=O) groups excluding carboxylic acids is 1. The summed E-state index contributed by atoms with van der Waals surface area (Å²) in [4.78, 5) is 11.4. The van der Waals surface area contributed by atoms with Crippen LogP contribution in [0.2, 0.25) is 0 Å². The van der Waals surface area contributed by atoms with Crippen LogP contribution in [0.3, 0.4) is 0 Å². The Balaban J connectivity index is 2.23. The summed E-state index contributed by atoms with van der Waals surface area (Å²) < 4.78 is 0. The second kappa shape index (κ2) is 5.90. The maximum atomic E-state index is 11.4. The van der Waals surface area contributed by atoms with Gasteiger partial charge in [0.25, 0.3) is 0 Å². The number of carbonyl (C=O) groups is 1. The zero-order chi connectivity index (χ0) is 9.52. The molecule has 0 aromatic rings. The average Bonchev–Trinajstić information content (AvgIpc) is 2.19. The van der Waals surface area contributed by atoms with Crippen molar-refractivity contribution >= 4 is 17.7 Å². The molecule has 1 fully saturated rings. The van der Waals surface area contributed by atoms with Crippen LogP contribution in [-0.4, -0.2) is 36.5 Å². The third kappa shape index (κ3) is 3.71. The number of rotatable bonds is 2. The molecular weight excluding hydrogens is 184 g/mol. The summed E-state index contributed by atoms with van der Waals surface area (Å²) in [5.41, 5.74) is 0. The largest absolute Gasteiger partial charge is 0.344 e. The first kappa shape index (κ1) is 10.4. The van der Waals surface area contributed by atoms with Crippen LogP contribution in [0.4, 0.5) is 0 Å². The summed E-state index contributed by atoms with van der Waals surface area (Å²) in [6.07, 6.45) is 0. The van der Waals surface area contributed by atoms with Crippen molar-refractivity contribution in [3.05, 3.63) is 0 Å². The SMILES string of the molecule is CC#CCNC(=O)C1CSCCN1. The highest BCUT2D eigenvalue weighted by molar-refractivity contribution is 7.99. The highest BCUT2D eigenvalue weighted by atomic mass is 32.2. The highest BCUT2D eigenvalue weighted by Crippen LogP contribution is 2.06. The van der Waals surface area contributed by atoms with Crippen LogP contribution in [0.25, 0.3) is 0 Å². The normalized spacial score (nSPS) is 21.5. The topological polar surface area (TPSA) is 41.1 Å². The van der Waals surface area contributed by atoms with Crippen LogP contribution in [0.15, 0.2) is 0 Å². The predicted molar refractivity (Wildman–Crippen MR) is 55.6 cm³/mol. The van der Waals surface area contributed by atoms with Gasteiger partial charge < -0.3 is 10.6 Å². The smallest absolute Gasteiger partial charge is 0.238 e. The van der Waals surface area contributed by atoms with Crippen LogP contribution in [0.5, 0.6) is 0 Å². The predicted octanol–water partition coefficient (Wildman–Crippen LogP) is -0.169. The standard InChI is InChI=1S/C9H14N2OS/c1-2-3-4-11-9(12)8-7-13-6-5-10-8/h8,10H,4-7H2,1H3,(H,11,12). The summed E-state index contributed by atoms with van der Waals surface area (Å²) in [6, 6.07) is -0.0302. The van der Waals surface area contributed by atoms with Crippen molar-refractivity contribution in [2.45, 2.75) is 13.0 Å². The molecule has 1 unspecified atom stereocenters. The lowest BCUT2D eigenvalue weighted by atomic mass is 10.3. The van der Waals surface area contributed by atoms with E-state index in [-0.39, 0.29) is 11.9 Å². The van der Waals surface area contributed by atoms with Crippen molar-refractivity contribution in [3.63, 3.8) is 0 Å². The fourth-order valence-electron chi connectivity index (χ4n) is 1.08. The summed E-state index contributed by atoms with van der Waals surface area (Å²) in [7, 11) is 0. The molecule has 0 radical (unpaired) electrons. The van der Waals surface area contributed by atoms with Gasteiger partial charge in [0, 0.05) is 18.1 Å². The Kier molecular flexibility index (Phi) is 4.73. The van der Waals surface area contributed by atoms with Crippen molar-refractivity contribution in [1.29, 1.82) is 0 Å². The van der Waals surface area contributed by atoms with Crippen molar-refractivity contribution in [1.82, 2.24) is 10.6 Å². The molecule has 2 N–H and O–H groups in total.